The van der Waals surface area contributed by atoms with Gasteiger partial charge < -0.3 is 10.2 Å². The van der Waals surface area contributed by atoms with Gasteiger partial charge in [-0.15, -0.1) is 0 Å². The number of rotatable bonds is 1. The summed E-state index contributed by atoms with van der Waals surface area (Å²) in [4.78, 5) is 19.0. The molecule has 104 valence electrons. The second-order valence-corrected chi connectivity index (χ2v) is 5.57. The van der Waals surface area contributed by atoms with Gasteiger partial charge in [-0.3, -0.25) is 4.79 Å². The van der Waals surface area contributed by atoms with Crippen molar-refractivity contribution in [1.29, 1.82) is 0 Å². The van der Waals surface area contributed by atoms with E-state index in [9.17, 15) is 4.79 Å². The highest BCUT2D eigenvalue weighted by molar-refractivity contribution is 5.95. The Labute approximate surface area is 118 Å². The second-order valence-electron chi connectivity index (χ2n) is 5.57. The fraction of sp³-hybridized carbons (Fsp3) is 0.375. The maximum absolute atomic E-state index is 12.6. The number of nitrogens with zero attached hydrogens (tertiary/aromatic N) is 2. The maximum atomic E-state index is 12.6. The van der Waals surface area contributed by atoms with Gasteiger partial charge in [-0.2, -0.15) is 0 Å². The Kier molecular flexibility index (Phi) is 3.40. The Morgan fingerprint density at radius 3 is 2.60 bits per heavy atom. The summed E-state index contributed by atoms with van der Waals surface area (Å²) >= 11 is 0. The second kappa shape index (κ2) is 5.21. The number of para-hydroxylation sites is 1. The molecule has 3 rings (SSSR count). The summed E-state index contributed by atoms with van der Waals surface area (Å²) in [6.45, 7) is 5.67. The summed E-state index contributed by atoms with van der Waals surface area (Å²) in [7, 11) is 0. The van der Waals surface area contributed by atoms with Crippen LogP contribution in [0.2, 0.25) is 0 Å². The highest BCUT2D eigenvalue weighted by Gasteiger charge is 2.26. The Hall–Kier alpha value is -1.94. The van der Waals surface area contributed by atoms with Crippen molar-refractivity contribution in [1.82, 2.24) is 15.2 Å². The van der Waals surface area contributed by atoms with Crippen molar-refractivity contribution < 1.29 is 4.79 Å². The van der Waals surface area contributed by atoms with E-state index in [1.54, 1.807) is 0 Å². The van der Waals surface area contributed by atoms with Crippen LogP contribution >= 0.6 is 0 Å². The number of aromatic nitrogens is 1. The summed E-state index contributed by atoms with van der Waals surface area (Å²) in [5, 5.41) is 4.49. The zero-order valence-electron chi connectivity index (χ0n) is 11.8. The van der Waals surface area contributed by atoms with Gasteiger partial charge in [0.25, 0.3) is 5.91 Å². The van der Waals surface area contributed by atoms with Gasteiger partial charge in [0, 0.05) is 30.6 Å². The number of amides is 1. The number of carbonyl (C=O) groups is 1. The fourth-order valence-corrected chi connectivity index (χ4v) is 2.84. The quantitative estimate of drug-likeness (QED) is 0.862. The fourth-order valence-electron chi connectivity index (χ4n) is 2.84. The van der Waals surface area contributed by atoms with Crippen LogP contribution in [-0.2, 0) is 0 Å². The molecule has 0 spiro atoms. The van der Waals surface area contributed by atoms with Crippen molar-refractivity contribution in [3.8, 4) is 0 Å². The molecule has 1 fully saturated rings. The molecule has 0 bridgehead atoms. The third-order valence-electron chi connectivity index (χ3n) is 3.66. The van der Waals surface area contributed by atoms with Crippen molar-refractivity contribution in [2.24, 2.45) is 0 Å². The Bertz CT molecular complexity index is 630. The molecule has 0 saturated carbocycles. The number of nitrogens with one attached hydrogen (secondary N) is 1. The van der Waals surface area contributed by atoms with Crippen LogP contribution in [-0.4, -0.2) is 41.0 Å². The molecule has 1 aromatic carbocycles. The SMILES string of the molecule is CC1CN(C(=O)c2ccc3ccccc3n2)CC(C)N1. The third-order valence-corrected chi connectivity index (χ3v) is 3.66. The van der Waals surface area contributed by atoms with Gasteiger partial charge in [-0.1, -0.05) is 24.3 Å². The van der Waals surface area contributed by atoms with Crippen molar-refractivity contribution >= 4 is 16.8 Å². The Balaban J connectivity index is 1.88. The zero-order valence-corrected chi connectivity index (χ0v) is 11.8. The van der Waals surface area contributed by atoms with E-state index in [1.165, 1.54) is 0 Å². The van der Waals surface area contributed by atoms with Gasteiger partial charge in [0.2, 0.25) is 0 Å². The predicted molar refractivity (Wildman–Crippen MR) is 79.7 cm³/mol. The van der Waals surface area contributed by atoms with E-state index in [0.29, 0.717) is 17.8 Å². The summed E-state index contributed by atoms with van der Waals surface area (Å²) in [5.74, 6) is 0.0240. The van der Waals surface area contributed by atoms with E-state index in [2.05, 4.69) is 24.1 Å². The molecule has 1 aliphatic rings. The van der Waals surface area contributed by atoms with E-state index >= 15 is 0 Å². The monoisotopic (exact) mass is 269 g/mol. The van der Waals surface area contributed by atoms with E-state index in [0.717, 1.165) is 24.0 Å². The third kappa shape index (κ3) is 2.51. The zero-order chi connectivity index (χ0) is 14.1. The molecule has 2 aromatic rings. The molecule has 2 unspecified atom stereocenters. The van der Waals surface area contributed by atoms with Gasteiger partial charge in [-0.05, 0) is 26.0 Å². The molecule has 1 N–H and O–H groups in total. The maximum Gasteiger partial charge on any atom is 0.272 e. The molecule has 2 heterocycles. The minimum absolute atomic E-state index is 0.0240. The van der Waals surface area contributed by atoms with Gasteiger partial charge in [0.1, 0.15) is 5.69 Å². The number of fused-ring (bicyclic) bond motifs is 1. The minimum atomic E-state index is 0.0240. The first-order valence-electron chi connectivity index (χ1n) is 7.04. The lowest BCUT2D eigenvalue weighted by atomic mass is 10.1. The standard InChI is InChI=1S/C16H19N3O/c1-11-9-19(10-12(2)17-11)16(20)15-8-7-13-5-3-4-6-14(13)18-15/h3-8,11-12,17H,9-10H2,1-2H3. The first kappa shape index (κ1) is 13.1. The van der Waals surface area contributed by atoms with Gasteiger partial charge in [0.15, 0.2) is 0 Å². The van der Waals surface area contributed by atoms with E-state index in [4.69, 9.17) is 0 Å². The molecule has 0 aliphatic carbocycles. The van der Waals surface area contributed by atoms with Crippen molar-refractivity contribution in [3.63, 3.8) is 0 Å². The van der Waals surface area contributed by atoms with Crippen LogP contribution in [0, 0.1) is 0 Å². The molecule has 20 heavy (non-hydrogen) atoms. The summed E-state index contributed by atoms with van der Waals surface area (Å²) < 4.78 is 0. The molecule has 0 radical (unpaired) electrons. The molecule has 4 nitrogen and oxygen atoms in total. The molecule has 1 amide bonds. The van der Waals surface area contributed by atoms with Crippen LogP contribution < -0.4 is 5.32 Å². The van der Waals surface area contributed by atoms with Gasteiger partial charge >= 0.3 is 0 Å². The number of pyridine rings is 1. The van der Waals surface area contributed by atoms with Crippen LogP contribution in [0.4, 0.5) is 0 Å². The molecule has 4 heteroatoms. The van der Waals surface area contributed by atoms with Crippen LogP contribution in [0.15, 0.2) is 36.4 Å². The highest BCUT2D eigenvalue weighted by atomic mass is 16.2. The topological polar surface area (TPSA) is 45.2 Å². The van der Waals surface area contributed by atoms with Crippen molar-refractivity contribution in [3.05, 3.63) is 42.1 Å². The summed E-state index contributed by atoms with van der Waals surface area (Å²) in [6.07, 6.45) is 0. The van der Waals surface area contributed by atoms with E-state index < -0.39 is 0 Å². The Morgan fingerprint density at radius 2 is 1.85 bits per heavy atom. The van der Waals surface area contributed by atoms with Gasteiger partial charge in [0.05, 0.1) is 5.52 Å². The predicted octanol–water partition coefficient (Wildman–Crippen LogP) is 2.06. The van der Waals surface area contributed by atoms with E-state index in [1.807, 2.05) is 41.3 Å². The number of piperazine rings is 1. The molecular formula is C16H19N3O. The average molecular weight is 269 g/mol. The number of benzene rings is 1. The first-order valence-corrected chi connectivity index (χ1v) is 7.04. The van der Waals surface area contributed by atoms with Crippen LogP contribution in [0.5, 0.6) is 0 Å². The minimum Gasteiger partial charge on any atom is -0.334 e. The van der Waals surface area contributed by atoms with Crippen molar-refractivity contribution in [2.75, 3.05) is 13.1 Å². The van der Waals surface area contributed by atoms with Crippen LogP contribution in [0.3, 0.4) is 0 Å². The lowest BCUT2D eigenvalue weighted by molar-refractivity contribution is 0.0668. The number of hydrogen-bond donors (Lipinski definition) is 1. The summed E-state index contributed by atoms with van der Waals surface area (Å²) in [5.41, 5.74) is 1.40. The molecular weight excluding hydrogens is 250 g/mol. The van der Waals surface area contributed by atoms with E-state index in [-0.39, 0.29) is 5.91 Å². The Morgan fingerprint density at radius 1 is 1.15 bits per heavy atom. The molecule has 1 saturated heterocycles. The molecule has 1 aliphatic heterocycles. The van der Waals surface area contributed by atoms with Crippen LogP contribution in [0.1, 0.15) is 24.3 Å². The lowest BCUT2D eigenvalue weighted by Gasteiger charge is -2.36. The molecule has 1 aromatic heterocycles. The highest BCUT2D eigenvalue weighted by Crippen LogP contribution is 2.14. The number of carbonyl (C=O) groups excluding carboxylic acids is 1. The van der Waals surface area contributed by atoms with Gasteiger partial charge in [-0.25, -0.2) is 4.98 Å². The van der Waals surface area contributed by atoms with Crippen LogP contribution in [0.25, 0.3) is 10.9 Å². The largest absolute Gasteiger partial charge is 0.334 e. The normalized spacial score (nSPS) is 23.0. The average Bonchev–Trinajstić information content (AvgIpc) is 2.45. The first-order chi connectivity index (χ1) is 9.63. The molecule has 2 atom stereocenters. The smallest absolute Gasteiger partial charge is 0.272 e. The summed E-state index contributed by atoms with van der Waals surface area (Å²) in [6, 6.07) is 12.3. The van der Waals surface area contributed by atoms with Crippen molar-refractivity contribution in [2.45, 2.75) is 25.9 Å². The number of hydrogen-bond acceptors (Lipinski definition) is 3. The lowest BCUT2D eigenvalue weighted by Crippen LogP contribution is -2.55.